The van der Waals surface area contributed by atoms with Gasteiger partial charge in [-0.05, 0) is 30.4 Å². The van der Waals surface area contributed by atoms with Crippen molar-refractivity contribution in [3.05, 3.63) is 28.8 Å². The van der Waals surface area contributed by atoms with Gasteiger partial charge in [0, 0.05) is 23.9 Å². The first kappa shape index (κ1) is 11.6. The summed E-state index contributed by atoms with van der Waals surface area (Å²) in [6.07, 6.45) is 1.18. The highest BCUT2D eigenvalue weighted by Gasteiger charge is 2.13. The molecule has 2 nitrogen and oxygen atoms in total. The molecule has 2 rings (SSSR count). The number of nitriles is 1. The second-order valence-electron chi connectivity index (χ2n) is 3.73. The lowest BCUT2D eigenvalue weighted by atomic mass is 10.1. The molecule has 1 fully saturated rings. The summed E-state index contributed by atoms with van der Waals surface area (Å²) in [4.78, 5) is 2.29. The van der Waals surface area contributed by atoms with Crippen LogP contribution < -0.4 is 4.90 Å². The number of hydrogen-bond donors (Lipinski definition) is 0. The first-order valence-corrected chi connectivity index (χ1v) is 6.87. The molecule has 0 atom stereocenters. The summed E-state index contributed by atoms with van der Waals surface area (Å²) < 4.78 is 0. The Balaban J connectivity index is 2.28. The monoisotopic (exact) mass is 252 g/mol. The van der Waals surface area contributed by atoms with Crippen molar-refractivity contribution in [2.24, 2.45) is 0 Å². The normalized spacial score (nSPS) is 16.6. The highest BCUT2D eigenvalue weighted by atomic mass is 35.5. The number of nitrogens with zero attached hydrogens (tertiary/aromatic N) is 2. The van der Waals surface area contributed by atoms with Gasteiger partial charge in [-0.2, -0.15) is 17.0 Å². The molecule has 1 heterocycles. The SMILES string of the molecule is N#Cc1cc(Cl)ccc1N1CCCSCC1. The summed E-state index contributed by atoms with van der Waals surface area (Å²) in [6.45, 7) is 2.05. The fourth-order valence-electron chi connectivity index (χ4n) is 1.86. The Morgan fingerprint density at radius 1 is 1.31 bits per heavy atom. The van der Waals surface area contributed by atoms with Crippen LogP contribution in [0.3, 0.4) is 0 Å². The molecular weight excluding hydrogens is 240 g/mol. The number of rotatable bonds is 1. The average Bonchev–Trinajstić information content (AvgIpc) is 2.57. The van der Waals surface area contributed by atoms with Gasteiger partial charge < -0.3 is 4.90 Å². The third-order valence-electron chi connectivity index (χ3n) is 2.64. The van der Waals surface area contributed by atoms with Gasteiger partial charge in [0.25, 0.3) is 0 Å². The van der Waals surface area contributed by atoms with E-state index in [0.717, 1.165) is 24.5 Å². The second kappa shape index (κ2) is 5.47. The lowest BCUT2D eigenvalue weighted by Crippen LogP contribution is -2.26. The zero-order valence-corrected chi connectivity index (χ0v) is 10.5. The van der Waals surface area contributed by atoms with Crippen molar-refractivity contribution in [1.29, 1.82) is 5.26 Å². The van der Waals surface area contributed by atoms with Gasteiger partial charge in [-0.15, -0.1) is 0 Å². The van der Waals surface area contributed by atoms with E-state index in [1.54, 1.807) is 6.07 Å². The van der Waals surface area contributed by atoms with Gasteiger partial charge in [-0.3, -0.25) is 0 Å². The Morgan fingerprint density at radius 3 is 3.00 bits per heavy atom. The van der Waals surface area contributed by atoms with Crippen molar-refractivity contribution < 1.29 is 0 Å². The predicted molar refractivity (Wildman–Crippen MR) is 70.3 cm³/mol. The maximum atomic E-state index is 9.10. The van der Waals surface area contributed by atoms with Crippen LogP contribution in [0, 0.1) is 11.3 Å². The van der Waals surface area contributed by atoms with Crippen molar-refractivity contribution in [2.45, 2.75) is 6.42 Å². The Bertz CT molecular complexity index is 406. The van der Waals surface area contributed by atoms with Crippen LogP contribution in [0.25, 0.3) is 0 Å². The minimum Gasteiger partial charge on any atom is -0.370 e. The zero-order valence-electron chi connectivity index (χ0n) is 8.95. The molecule has 1 aromatic carbocycles. The van der Waals surface area contributed by atoms with E-state index in [-0.39, 0.29) is 0 Å². The van der Waals surface area contributed by atoms with E-state index in [1.165, 1.54) is 12.2 Å². The summed E-state index contributed by atoms with van der Waals surface area (Å²) in [5, 5.41) is 9.73. The lowest BCUT2D eigenvalue weighted by Gasteiger charge is -2.23. The molecule has 0 aliphatic carbocycles. The van der Waals surface area contributed by atoms with Crippen LogP contribution in [-0.4, -0.2) is 24.6 Å². The van der Waals surface area contributed by atoms with E-state index in [2.05, 4.69) is 11.0 Å². The second-order valence-corrected chi connectivity index (χ2v) is 5.39. The molecular formula is C12H13ClN2S. The van der Waals surface area contributed by atoms with E-state index >= 15 is 0 Å². The van der Waals surface area contributed by atoms with Crippen LogP contribution in [0.4, 0.5) is 5.69 Å². The molecule has 0 N–H and O–H groups in total. The van der Waals surface area contributed by atoms with E-state index in [1.807, 2.05) is 23.9 Å². The first-order chi connectivity index (χ1) is 7.81. The molecule has 84 valence electrons. The van der Waals surface area contributed by atoms with Crippen molar-refractivity contribution in [3.63, 3.8) is 0 Å². The van der Waals surface area contributed by atoms with Crippen molar-refractivity contribution in [1.82, 2.24) is 0 Å². The molecule has 16 heavy (non-hydrogen) atoms. The quantitative estimate of drug-likeness (QED) is 0.768. The summed E-state index contributed by atoms with van der Waals surface area (Å²) in [7, 11) is 0. The molecule has 4 heteroatoms. The molecule has 0 unspecified atom stereocenters. The van der Waals surface area contributed by atoms with Gasteiger partial charge in [-0.25, -0.2) is 0 Å². The summed E-state index contributed by atoms with van der Waals surface area (Å²) in [5.74, 6) is 2.35. The number of anilines is 1. The molecule has 1 aromatic rings. The largest absolute Gasteiger partial charge is 0.370 e. The van der Waals surface area contributed by atoms with E-state index < -0.39 is 0 Å². The number of thioether (sulfide) groups is 1. The van der Waals surface area contributed by atoms with Crippen LogP contribution in [0.2, 0.25) is 5.02 Å². The summed E-state index contributed by atoms with van der Waals surface area (Å²) in [6, 6.07) is 7.78. The van der Waals surface area contributed by atoms with Gasteiger partial charge >= 0.3 is 0 Å². The highest BCUT2D eigenvalue weighted by Crippen LogP contribution is 2.25. The van der Waals surface area contributed by atoms with Crippen LogP contribution in [0.1, 0.15) is 12.0 Å². The summed E-state index contributed by atoms with van der Waals surface area (Å²) >= 11 is 7.87. The van der Waals surface area contributed by atoms with E-state index in [0.29, 0.717) is 10.6 Å². The van der Waals surface area contributed by atoms with Crippen LogP contribution in [0.5, 0.6) is 0 Å². The Labute approximate surface area is 105 Å². The minimum atomic E-state index is 0.629. The summed E-state index contributed by atoms with van der Waals surface area (Å²) in [5.41, 5.74) is 1.70. The van der Waals surface area contributed by atoms with Gasteiger partial charge in [0.15, 0.2) is 0 Å². The van der Waals surface area contributed by atoms with Crippen molar-refractivity contribution in [2.75, 3.05) is 29.5 Å². The highest BCUT2D eigenvalue weighted by molar-refractivity contribution is 7.99. The fourth-order valence-corrected chi connectivity index (χ4v) is 2.92. The average molecular weight is 253 g/mol. The number of halogens is 1. The minimum absolute atomic E-state index is 0.629. The third-order valence-corrected chi connectivity index (χ3v) is 3.93. The van der Waals surface area contributed by atoms with Gasteiger partial charge in [-0.1, -0.05) is 11.6 Å². The van der Waals surface area contributed by atoms with Crippen LogP contribution in [0.15, 0.2) is 18.2 Å². The van der Waals surface area contributed by atoms with E-state index in [9.17, 15) is 0 Å². The number of benzene rings is 1. The molecule has 0 spiro atoms. The molecule has 0 radical (unpaired) electrons. The first-order valence-electron chi connectivity index (χ1n) is 5.33. The van der Waals surface area contributed by atoms with Crippen LogP contribution in [-0.2, 0) is 0 Å². The van der Waals surface area contributed by atoms with Crippen molar-refractivity contribution in [3.8, 4) is 6.07 Å². The lowest BCUT2D eigenvalue weighted by molar-refractivity contribution is 0.815. The molecule has 0 bridgehead atoms. The van der Waals surface area contributed by atoms with Crippen molar-refractivity contribution >= 4 is 29.1 Å². The molecule has 1 saturated heterocycles. The molecule has 0 saturated carbocycles. The molecule has 0 aromatic heterocycles. The maximum absolute atomic E-state index is 9.10. The van der Waals surface area contributed by atoms with E-state index in [4.69, 9.17) is 16.9 Å². The Hall–Kier alpha value is -0.850. The van der Waals surface area contributed by atoms with Gasteiger partial charge in [0.1, 0.15) is 6.07 Å². The van der Waals surface area contributed by atoms with Gasteiger partial charge in [0.05, 0.1) is 11.3 Å². The maximum Gasteiger partial charge on any atom is 0.101 e. The smallest absolute Gasteiger partial charge is 0.101 e. The topological polar surface area (TPSA) is 27.0 Å². The number of hydrogen-bond acceptors (Lipinski definition) is 3. The van der Waals surface area contributed by atoms with Gasteiger partial charge in [0.2, 0.25) is 0 Å². The third kappa shape index (κ3) is 2.63. The molecule has 1 aliphatic rings. The van der Waals surface area contributed by atoms with Crippen LogP contribution >= 0.6 is 23.4 Å². The molecule has 1 aliphatic heterocycles. The Kier molecular flexibility index (Phi) is 3.98. The predicted octanol–water partition coefficient (Wildman–Crippen LogP) is 3.15. The standard InChI is InChI=1S/C12H13ClN2S/c13-11-2-3-12(10(8-11)9-14)15-4-1-6-16-7-5-15/h2-3,8H,1,4-7H2. The fraction of sp³-hybridized carbons (Fsp3) is 0.417. The molecule has 0 amide bonds. The zero-order chi connectivity index (χ0) is 11.4. The Morgan fingerprint density at radius 2 is 2.19 bits per heavy atom.